The number of fused-ring (bicyclic) bond motifs is 1. The summed E-state index contributed by atoms with van der Waals surface area (Å²) in [6, 6.07) is 13.7. The highest BCUT2D eigenvalue weighted by Gasteiger charge is 2.40. The van der Waals surface area contributed by atoms with E-state index in [1.165, 1.54) is 3.97 Å². The summed E-state index contributed by atoms with van der Waals surface area (Å²) in [6.07, 6.45) is 3.23. The second kappa shape index (κ2) is 5.82. The molecule has 5 nitrogen and oxygen atoms in total. The predicted octanol–water partition coefficient (Wildman–Crippen LogP) is 3.36. The maximum Gasteiger partial charge on any atom is 0.268 e. The summed E-state index contributed by atoms with van der Waals surface area (Å²) < 4.78 is 27.6. The molecule has 2 unspecified atom stereocenters. The number of aldehydes is 1. The van der Waals surface area contributed by atoms with E-state index in [4.69, 9.17) is 0 Å². The second-order valence-electron chi connectivity index (χ2n) is 6.68. The number of nitrogens with zero attached hydrogens (tertiary/aromatic N) is 2. The van der Waals surface area contributed by atoms with Crippen LogP contribution in [0.4, 0.5) is 0 Å². The monoisotopic (exact) mass is 364 g/mol. The van der Waals surface area contributed by atoms with Gasteiger partial charge in [-0.05, 0) is 55.2 Å². The van der Waals surface area contributed by atoms with Crippen LogP contribution >= 0.6 is 0 Å². The van der Waals surface area contributed by atoms with Crippen molar-refractivity contribution >= 4 is 27.2 Å². The molecular weight excluding hydrogens is 348 g/mol. The van der Waals surface area contributed by atoms with Gasteiger partial charge < -0.3 is 4.79 Å². The van der Waals surface area contributed by atoms with Gasteiger partial charge >= 0.3 is 0 Å². The van der Waals surface area contributed by atoms with Crippen molar-refractivity contribution in [2.75, 3.05) is 0 Å². The first kappa shape index (κ1) is 16.6. The lowest BCUT2D eigenvalue weighted by Crippen LogP contribution is -2.11. The number of carbonyl (C=O) groups is 1. The molecule has 1 aliphatic carbocycles. The molecule has 0 saturated heterocycles. The third kappa shape index (κ3) is 2.52. The van der Waals surface area contributed by atoms with Crippen LogP contribution in [0.25, 0.3) is 10.9 Å². The quantitative estimate of drug-likeness (QED) is 0.665. The fraction of sp³-hybridized carbons (Fsp3) is 0.200. The number of aromatic nitrogens is 1. The van der Waals surface area contributed by atoms with Gasteiger partial charge in [0.1, 0.15) is 6.29 Å². The van der Waals surface area contributed by atoms with Crippen molar-refractivity contribution in [3.63, 3.8) is 0 Å². The summed E-state index contributed by atoms with van der Waals surface area (Å²) in [6.45, 7) is 1.90. The van der Waals surface area contributed by atoms with Crippen molar-refractivity contribution in [2.45, 2.75) is 24.2 Å². The van der Waals surface area contributed by atoms with E-state index < -0.39 is 10.0 Å². The van der Waals surface area contributed by atoms with Crippen LogP contribution in [0.2, 0.25) is 0 Å². The molecule has 0 radical (unpaired) electrons. The van der Waals surface area contributed by atoms with E-state index in [1.807, 2.05) is 6.92 Å². The van der Waals surface area contributed by atoms with Gasteiger partial charge in [0.15, 0.2) is 0 Å². The third-order valence-electron chi connectivity index (χ3n) is 4.92. The van der Waals surface area contributed by atoms with Crippen LogP contribution in [0.5, 0.6) is 0 Å². The Balaban J connectivity index is 1.94. The van der Waals surface area contributed by atoms with E-state index in [1.54, 1.807) is 48.7 Å². The molecule has 130 valence electrons. The first-order valence-electron chi connectivity index (χ1n) is 8.28. The lowest BCUT2D eigenvalue weighted by Gasteiger charge is -2.08. The number of benzene rings is 2. The van der Waals surface area contributed by atoms with Crippen molar-refractivity contribution in [2.24, 2.45) is 5.92 Å². The highest BCUT2D eigenvalue weighted by atomic mass is 32.2. The first-order valence-corrected chi connectivity index (χ1v) is 9.72. The fourth-order valence-corrected chi connectivity index (χ4v) is 4.71. The van der Waals surface area contributed by atoms with Crippen LogP contribution in [0, 0.1) is 24.2 Å². The van der Waals surface area contributed by atoms with Crippen molar-refractivity contribution in [1.29, 1.82) is 5.26 Å². The van der Waals surface area contributed by atoms with Crippen molar-refractivity contribution in [1.82, 2.24) is 3.97 Å². The zero-order valence-electron chi connectivity index (χ0n) is 14.1. The maximum atomic E-state index is 13.1. The van der Waals surface area contributed by atoms with Gasteiger partial charge in [0.2, 0.25) is 0 Å². The molecule has 2 aromatic carbocycles. The first-order chi connectivity index (χ1) is 12.5. The predicted molar refractivity (Wildman–Crippen MR) is 97.3 cm³/mol. The highest BCUT2D eigenvalue weighted by Crippen LogP contribution is 2.49. The lowest BCUT2D eigenvalue weighted by molar-refractivity contribution is -0.108. The van der Waals surface area contributed by atoms with Gasteiger partial charge in [-0.3, -0.25) is 0 Å². The molecule has 1 fully saturated rings. The maximum absolute atomic E-state index is 13.1. The largest absolute Gasteiger partial charge is 0.303 e. The minimum absolute atomic E-state index is 0.0124. The SMILES string of the molecule is Cc1ccc(S(=O)(=O)n2cc(C3CC3C=O)c3cc(C#N)ccc32)cc1. The Kier molecular flexibility index (Phi) is 3.70. The summed E-state index contributed by atoms with van der Waals surface area (Å²) in [5.41, 5.74) is 2.78. The molecule has 6 heteroatoms. The summed E-state index contributed by atoms with van der Waals surface area (Å²) in [4.78, 5) is 11.3. The van der Waals surface area contributed by atoms with Crippen LogP contribution in [0.15, 0.2) is 53.6 Å². The number of hydrogen-bond donors (Lipinski definition) is 0. The summed E-state index contributed by atoms with van der Waals surface area (Å²) in [7, 11) is -3.77. The molecule has 0 aliphatic heterocycles. The van der Waals surface area contributed by atoms with E-state index in [9.17, 15) is 18.5 Å². The molecule has 26 heavy (non-hydrogen) atoms. The van der Waals surface area contributed by atoms with E-state index in [0.29, 0.717) is 22.9 Å². The number of rotatable bonds is 4. The zero-order chi connectivity index (χ0) is 18.5. The van der Waals surface area contributed by atoms with Crippen molar-refractivity contribution < 1.29 is 13.2 Å². The van der Waals surface area contributed by atoms with Crippen LogP contribution in [-0.2, 0) is 14.8 Å². The molecule has 0 N–H and O–H groups in total. The van der Waals surface area contributed by atoms with E-state index >= 15 is 0 Å². The molecule has 1 aromatic heterocycles. The molecule has 0 amide bonds. The fourth-order valence-electron chi connectivity index (χ4n) is 3.34. The van der Waals surface area contributed by atoms with E-state index in [0.717, 1.165) is 17.4 Å². The van der Waals surface area contributed by atoms with Crippen LogP contribution in [-0.4, -0.2) is 18.7 Å². The number of aryl methyl sites for hydroxylation is 1. The molecule has 4 rings (SSSR count). The van der Waals surface area contributed by atoms with Crippen LogP contribution < -0.4 is 0 Å². The van der Waals surface area contributed by atoms with Gasteiger partial charge in [-0.15, -0.1) is 0 Å². The van der Waals surface area contributed by atoms with Gasteiger partial charge in [-0.1, -0.05) is 17.7 Å². The molecule has 3 aromatic rings. The molecule has 1 heterocycles. The van der Waals surface area contributed by atoms with Crippen LogP contribution in [0.1, 0.15) is 29.0 Å². The highest BCUT2D eigenvalue weighted by molar-refractivity contribution is 7.90. The molecule has 0 spiro atoms. The Labute approximate surface area is 151 Å². The smallest absolute Gasteiger partial charge is 0.268 e. The lowest BCUT2D eigenvalue weighted by atomic mass is 10.1. The minimum Gasteiger partial charge on any atom is -0.303 e. The Bertz CT molecular complexity index is 1170. The Morgan fingerprint density at radius 3 is 2.54 bits per heavy atom. The van der Waals surface area contributed by atoms with Gasteiger partial charge in [-0.2, -0.15) is 5.26 Å². The molecule has 2 atom stereocenters. The van der Waals surface area contributed by atoms with Gasteiger partial charge in [0.25, 0.3) is 10.0 Å². The third-order valence-corrected chi connectivity index (χ3v) is 6.61. The van der Waals surface area contributed by atoms with Crippen molar-refractivity contribution in [3.8, 4) is 6.07 Å². The zero-order valence-corrected chi connectivity index (χ0v) is 14.9. The van der Waals surface area contributed by atoms with Gasteiger partial charge in [-0.25, -0.2) is 12.4 Å². The van der Waals surface area contributed by atoms with Crippen molar-refractivity contribution in [3.05, 3.63) is 65.4 Å². The Morgan fingerprint density at radius 1 is 1.19 bits per heavy atom. The molecule has 1 saturated carbocycles. The average molecular weight is 364 g/mol. The molecule has 1 aliphatic rings. The minimum atomic E-state index is -3.77. The number of hydrogen-bond acceptors (Lipinski definition) is 4. The number of nitriles is 1. The van der Waals surface area contributed by atoms with Gasteiger partial charge in [0.05, 0.1) is 22.0 Å². The standard InChI is InChI=1S/C20H16N2O3S/c1-13-2-5-16(6-3-13)26(24,25)22-11-19(17-9-15(17)12-23)18-8-14(10-21)4-7-20(18)22/h2-8,11-12,15,17H,9H2,1H3. The summed E-state index contributed by atoms with van der Waals surface area (Å²) >= 11 is 0. The normalized spacial score (nSPS) is 19.2. The van der Waals surface area contributed by atoms with E-state index in [-0.39, 0.29) is 16.7 Å². The Morgan fingerprint density at radius 2 is 1.92 bits per heavy atom. The van der Waals surface area contributed by atoms with E-state index in [2.05, 4.69) is 6.07 Å². The molecule has 0 bridgehead atoms. The number of carbonyl (C=O) groups excluding carboxylic acids is 1. The summed E-state index contributed by atoms with van der Waals surface area (Å²) in [5.74, 6) is -0.0692. The topological polar surface area (TPSA) is 79.9 Å². The Hall–Kier alpha value is -2.91. The average Bonchev–Trinajstić information content (AvgIpc) is 3.33. The van der Waals surface area contributed by atoms with Crippen LogP contribution in [0.3, 0.4) is 0 Å². The second-order valence-corrected chi connectivity index (χ2v) is 8.50. The molecular formula is C20H16N2O3S. The van der Waals surface area contributed by atoms with Gasteiger partial charge in [0, 0.05) is 17.5 Å². The summed E-state index contributed by atoms with van der Waals surface area (Å²) in [5, 5.41) is 9.90.